The Bertz CT molecular complexity index is 715. The van der Waals surface area contributed by atoms with Crippen LogP contribution in [0, 0.1) is 5.41 Å². The minimum atomic E-state index is 0.0700. The maximum atomic E-state index is 13.0. The van der Waals surface area contributed by atoms with Crippen molar-refractivity contribution in [1.82, 2.24) is 19.7 Å². The molecule has 2 amide bonds. The Labute approximate surface area is 174 Å². The molecule has 0 aromatic carbocycles. The van der Waals surface area contributed by atoms with Gasteiger partial charge in [0.1, 0.15) is 0 Å². The highest BCUT2D eigenvalue weighted by atomic mass is 16.2. The summed E-state index contributed by atoms with van der Waals surface area (Å²) >= 11 is 0. The molecule has 0 radical (unpaired) electrons. The van der Waals surface area contributed by atoms with Gasteiger partial charge in [-0.1, -0.05) is 12.5 Å². The van der Waals surface area contributed by atoms with Gasteiger partial charge in [-0.2, -0.15) is 0 Å². The van der Waals surface area contributed by atoms with Crippen LogP contribution in [0.5, 0.6) is 0 Å². The van der Waals surface area contributed by atoms with Crippen LogP contribution >= 0.6 is 0 Å². The molecule has 6 heteroatoms. The van der Waals surface area contributed by atoms with E-state index < -0.39 is 0 Å². The third-order valence-corrected chi connectivity index (χ3v) is 7.30. The average molecular weight is 399 g/mol. The molecule has 4 heterocycles. The number of carbonyl (C=O) groups excluding carboxylic acids is 2. The molecule has 3 fully saturated rings. The first-order valence-electron chi connectivity index (χ1n) is 11.2. The van der Waals surface area contributed by atoms with Crippen molar-refractivity contribution in [3.05, 3.63) is 30.1 Å². The molecular formula is C23H34N4O2. The van der Waals surface area contributed by atoms with Crippen molar-refractivity contribution >= 4 is 11.8 Å². The maximum Gasteiger partial charge on any atom is 0.239 e. The van der Waals surface area contributed by atoms with Crippen LogP contribution in [0.3, 0.4) is 0 Å². The van der Waals surface area contributed by atoms with Crippen molar-refractivity contribution in [3.8, 4) is 0 Å². The first-order valence-corrected chi connectivity index (χ1v) is 11.2. The SMILES string of the molecule is CN1CCCC[C@H]1C(=O)N1CCC2(CCC(=O)N(CCc3ccccn3)C2)CC1. The number of nitrogens with zero attached hydrogens (tertiary/aromatic N) is 4. The third-order valence-electron chi connectivity index (χ3n) is 7.30. The Morgan fingerprint density at radius 3 is 2.72 bits per heavy atom. The molecule has 0 N–H and O–H groups in total. The molecule has 3 saturated heterocycles. The molecule has 29 heavy (non-hydrogen) atoms. The molecule has 6 nitrogen and oxygen atoms in total. The molecule has 0 unspecified atom stereocenters. The number of likely N-dealkylation sites (N-methyl/N-ethyl adjacent to an activating group) is 1. The maximum absolute atomic E-state index is 13.0. The van der Waals surface area contributed by atoms with E-state index in [1.165, 1.54) is 6.42 Å². The zero-order valence-corrected chi connectivity index (χ0v) is 17.7. The summed E-state index contributed by atoms with van der Waals surface area (Å²) in [5.41, 5.74) is 1.23. The molecule has 1 atom stereocenters. The number of carbonyl (C=O) groups is 2. The summed E-state index contributed by atoms with van der Waals surface area (Å²) in [5.74, 6) is 0.592. The highest BCUT2D eigenvalue weighted by Crippen LogP contribution is 2.40. The van der Waals surface area contributed by atoms with Crippen molar-refractivity contribution in [1.29, 1.82) is 0 Å². The molecule has 158 valence electrons. The largest absolute Gasteiger partial charge is 0.342 e. The zero-order valence-electron chi connectivity index (χ0n) is 17.7. The van der Waals surface area contributed by atoms with E-state index >= 15 is 0 Å². The molecule has 4 rings (SSSR count). The van der Waals surface area contributed by atoms with E-state index in [0.717, 1.165) is 76.9 Å². The van der Waals surface area contributed by atoms with Crippen LogP contribution in [0.1, 0.15) is 50.6 Å². The molecule has 0 bridgehead atoms. The van der Waals surface area contributed by atoms with Gasteiger partial charge < -0.3 is 9.80 Å². The smallest absolute Gasteiger partial charge is 0.239 e. The van der Waals surface area contributed by atoms with Crippen molar-refractivity contribution in [3.63, 3.8) is 0 Å². The second kappa shape index (κ2) is 8.82. The second-order valence-electron chi connectivity index (χ2n) is 9.20. The molecule has 1 spiro atoms. The summed E-state index contributed by atoms with van der Waals surface area (Å²) in [6, 6.07) is 6.01. The standard InChI is InChI=1S/C23H34N4O2/c1-25-14-5-3-7-20(25)22(29)26-16-11-23(12-17-26)10-8-21(28)27(18-23)15-9-19-6-2-4-13-24-19/h2,4,6,13,20H,3,5,7-12,14-18H2,1H3/t20-/m0/s1. The first-order chi connectivity index (χ1) is 14.1. The van der Waals surface area contributed by atoms with Gasteiger partial charge in [-0.05, 0) is 63.2 Å². The summed E-state index contributed by atoms with van der Waals surface area (Å²) < 4.78 is 0. The highest BCUT2D eigenvalue weighted by molar-refractivity contribution is 5.82. The number of amides is 2. The van der Waals surface area contributed by atoms with Gasteiger partial charge in [-0.3, -0.25) is 19.5 Å². The molecule has 1 aromatic rings. The van der Waals surface area contributed by atoms with Crippen LogP contribution in [-0.4, -0.2) is 77.3 Å². The Balaban J connectivity index is 1.32. The number of rotatable bonds is 4. The van der Waals surface area contributed by atoms with Crippen LogP contribution in [0.25, 0.3) is 0 Å². The summed E-state index contributed by atoms with van der Waals surface area (Å²) in [6.07, 6.45) is 9.61. The van der Waals surface area contributed by atoms with Crippen molar-refractivity contribution in [2.24, 2.45) is 5.41 Å². The van der Waals surface area contributed by atoms with Crippen molar-refractivity contribution in [2.75, 3.05) is 39.8 Å². The van der Waals surface area contributed by atoms with E-state index in [1.807, 2.05) is 29.3 Å². The number of pyridine rings is 1. The Hall–Kier alpha value is -1.95. The topological polar surface area (TPSA) is 56.8 Å². The van der Waals surface area contributed by atoms with E-state index in [2.05, 4.69) is 21.8 Å². The number of hydrogen-bond donors (Lipinski definition) is 0. The van der Waals surface area contributed by atoms with Crippen molar-refractivity contribution < 1.29 is 9.59 Å². The summed E-state index contributed by atoms with van der Waals surface area (Å²) in [7, 11) is 2.08. The van der Waals surface area contributed by atoms with Gasteiger partial charge in [-0.15, -0.1) is 0 Å². The van der Waals surface area contributed by atoms with Crippen LogP contribution in [-0.2, 0) is 16.0 Å². The van der Waals surface area contributed by atoms with Crippen LogP contribution in [0.4, 0.5) is 0 Å². The van der Waals surface area contributed by atoms with E-state index in [4.69, 9.17) is 0 Å². The molecule has 0 aliphatic carbocycles. The lowest BCUT2D eigenvalue weighted by Crippen LogP contribution is -2.55. The summed E-state index contributed by atoms with van der Waals surface area (Å²) in [4.78, 5) is 36.3. The van der Waals surface area contributed by atoms with Gasteiger partial charge in [-0.25, -0.2) is 0 Å². The number of hydrogen-bond acceptors (Lipinski definition) is 4. The van der Waals surface area contributed by atoms with Gasteiger partial charge in [0.15, 0.2) is 0 Å². The van der Waals surface area contributed by atoms with Gasteiger partial charge in [0.2, 0.25) is 11.8 Å². The zero-order chi connectivity index (χ0) is 20.3. The van der Waals surface area contributed by atoms with E-state index in [0.29, 0.717) is 12.3 Å². The van der Waals surface area contributed by atoms with Gasteiger partial charge in [0.25, 0.3) is 0 Å². The predicted molar refractivity (Wildman–Crippen MR) is 112 cm³/mol. The van der Waals surface area contributed by atoms with Crippen LogP contribution in [0.15, 0.2) is 24.4 Å². The third kappa shape index (κ3) is 4.63. The first kappa shape index (κ1) is 20.3. The molecule has 3 aliphatic rings. The van der Waals surface area contributed by atoms with Gasteiger partial charge in [0.05, 0.1) is 6.04 Å². The fraction of sp³-hybridized carbons (Fsp3) is 0.696. The lowest BCUT2D eigenvalue weighted by Gasteiger charge is -2.48. The fourth-order valence-electron chi connectivity index (χ4n) is 5.31. The minimum Gasteiger partial charge on any atom is -0.342 e. The normalized spacial score (nSPS) is 25.4. The highest BCUT2D eigenvalue weighted by Gasteiger charge is 2.42. The quantitative estimate of drug-likeness (QED) is 0.781. The Morgan fingerprint density at radius 2 is 2.00 bits per heavy atom. The second-order valence-corrected chi connectivity index (χ2v) is 9.20. The van der Waals surface area contributed by atoms with E-state index in [9.17, 15) is 9.59 Å². The van der Waals surface area contributed by atoms with Crippen LogP contribution < -0.4 is 0 Å². The van der Waals surface area contributed by atoms with Crippen molar-refractivity contribution in [2.45, 2.75) is 57.4 Å². The van der Waals surface area contributed by atoms with Crippen LogP contribution in [0.2, 0.25) is 0 Å². The lowest BCUT2D eigenvalue weighted by molar-refractivity contribution is -0.145. The molecular weight excluding hydrogens is 364 g/mol. The number of aromatic nitrogens is 1. The minimum absolute atomic E-state index is 0.0700. The molecule has 1 aromatic heterocycles. The molecule has 3 aliphatic heterocycles. The Kier molecular flexibility index (Phi) is 6.18. The summed E-state index contributed by atoms with van der Waals surface area (Å²) in [5, 5.41) is 0. The monoisotopic (exact) mass is 398 g/mol. The summed E-state index contributed by atoms with van der Waals surface area (Å²) in [6.45, 7) is 4.29. The van der Waals surface area contributed by atoms with E-state index in [1.54, 1.807) is 0 Å². The van der Waals surface area contributed by atoms with E-state index in [-0.39, 0.29) is 17.4 Å². The predicted octanol–water partition coefficient (Wildman–Crippen LogP) is 2.34. The Morgan fingerprint density at radius 1 is 1.17 bits per heavy atom. The van der Waals surface area contributed by atoms with Gasteiger partial charge >= 0.3 is 0 Å². The fourth-order valence-corrected chi connectivity index (χ4v) is 5.31. The van der Waals surface area contributed by atoms with Gasteiger partial charge in [0, 0.05) is 50.9 Å². The average Bonchev–Trinajstić information content (AvgIpc) is 2.76. The molecule has 0 saturated carbocycles. The number of likely N-dealkylation sites (tertiary alicyclic amines) is 3. The number of piperidine rings is 3. The lowest BCUT2D eigenvalue weighted by atomic mass is 9.72.